The Bertz CT molecular complexity index is 2320. The molecule has 2 heterocycles. The van der Waals surface area contributed by atoms with Crippen molar-refractivity contribution in [3.63, 3.8) is 0 Å². The third-order valence-corrected chi connectivity index (χ3v) is 12.5. The van der Waals surface area contributed by atoms with Crippen molar-refractivity contribution in [2.75, 3.05) is 31.5 Å². The number of aliphatic hydroxyl groups excluding tert-OH is 1. The number of aliphatic carboxylic acids is 1. The number of carboxylic acids is 1. The van der Waals surface area contributed by atoms with Crippen LogP contribution in [0.2, 0.25) is 0 Å². The smallest absolute Gasteiger partial charge is 0.328 e. The Hall–Kier alpha value is -6.68. The van der Waals surface area contributed by atoms with E-state index in [9.17, 15) is 49.1 Å². The maximum atomic E-state index is 14.2. The highest BCUT2D eigenvalue weighted by molar-refractivity contribution is 6.12. The average Bonchev–Trinajstić information content (AvgIpc) is 3.81. The molecule has 1 aliphatic rings. The Balaban J connectivity index is 1.40. The number of nitrogens with zero attached hydrogens (tertiary/aromatic N) is 4. The molecule has 0 bridgehead atoms. The number of rotatable bonds is 28. The summed E-state index contributed by atoms with van der Waals surface area (Å²) in [6, 6.07) is 4.91. The van der Waals surface area contributed by atoms with Crippen molar-refractivity contribution in [1.82, 2.24) is 31.2 Å². The quantitative estimate of drug-likeness (QED) is 0.0125. The molecule has 0 radical (unpaired) electrons. The van der Waals surface area contributed by atoms with Crippen LogP contribution >= 0.6 is 0 Å². The number of fused-ring (bicyclic) bond motifs is 2. The first-order chi connectivity index (χ1) is 32.9. The number of nitrogens with one attached hydrogen (secondary N) is 5. The number of pyridine rings is 1. The number of aryl methyl sites for hydroxylation is 1. The second kappa shape index (κ2) is 26.8. The summed E-state index contributed by atoms with van der Waals surface area (Å²) in [5.74, 6) is -4.36. The van der Waals surface area contributed by atoms with Crippen molar-refractivity contribution in [2.24, 2.45) is 28.1 Å². The number of carbonyl (C=O) groups excluding carboxylic acids is 5. The maximum absolute atomic E-state index is 14.2. The summed E-state index contributed by atoms with van der Waals surface area (Å²) in [5, 5.41) is 46.9. The van der Waals surface area contributed by atoms with Crippen LogP contribution in [0.1, 0.15) is 103 Å². The van der Waals surface area contributed by atoms with Gasteiger partial charge in [-0.05, 0) is 89.2 Å². The summed E-state index contributed by atoms with van der Waals surface area (Å²) in [6.45, 7) is 7.92. The van der Waals surface area contributed by atoms with Gasteiger partial charge in [0, 0.05) is 44.1 Å². The number of nitrogens with two attached hydrogens (primary N) is 3. The van der Waals surface area contributed by atoms with E-state index in [-0.39, 0.29) is 74.7 Å². The summed E-state index contributed by atoms with van der Waals surface area (Å²) < 4.78 is 0. The number of aliphatic imine (C=N–C) groups is 1. The lowest BCUT2D eigenvalue weighted by atomic mass is 9.99. The minimum atomic E-state index is -1.66. The highest BCUT2D eigenvalue weighted by atomic mass is 16.6. The van der Waals surface area contributed by atoms with E-state index in [0.717, 1.165) is 17.4 Å². The number of non-ortho nitro benzene ring substituents is 1. The van der Waals surface area contributed by atoms with Crippen LogP contribution in [0.15, 0.2) is 41.4 Å². The first-order valence-electron chi connectivity index (χ1n) is 23.8. The SMILES string of the molecule is CC[C@H](C)[C@H](N)C(=O)NCCCC[C@H](NC(=O)[C@@H]1CCCN1C(=O)[C@H](CCCN=C(N)N)NC(=O)CCCCCNc1c2ccccc2nc2c(C)ccc([N+](=O)[O-])c12)C(=O)N[C@H](C(=O)O)[C@@H](C)O. The minimum Gasteiger partial charge on any atom is -0.480 e. The number of guanidine groups is 1. The number of likely N-dealkylation sites (tertiary alicyclic amines) is 1. The second-order valence-electron chi connectivity index (χ2n) is 17.7. The van der Waals surface area contributed by atoms with Crippen molar-refractivity contribution in [3.05, 3.63) is 52.1 Å². The van der Waals surface area contributed by atoms with E-state index >= 15 is 0 Å². The normalized spacial score (nSPS) is 16.1. The summed E-state index contributed by atoms with van der Waals surface area (Å²) >= 11 is 0. The van der Waals surface area contributed by atoms with Gasteiger partial charge in [-0.2, -0.15) is 0 Å². The topological polar surface area (TPSA) is 353 Å². The molecule has 0 saturated carbocycles. The zero-order valence-corrected chi connectivity index (χ0v) is 40.0. The number of aliphatic hydroxyl groups is 1. The first kappa shape index (κ1) is 54.9. The number of nitro groups is 1. The molecule has 22 heteroatoms. The summed E-state index contributed by atoms with van der Waals surface area (Å²) in [6.07, 6.45) is 2.97. The number of hydrogen-bond acceptors (Lipinski definition) is 13. The Morgan fingerprint density at radius 1 is 0.928 bits per heavy atom. The lowest BCUT2D eigenvalue weighted by Gasteiger charge is -2.30. The van der Waals surface area contributed by atoms with Crippen molar-refractivity contribution < 1.29 is 43.9 Å². The molecular formula is C47H70N12O10. The van der Waals surface area contributed by atoms with Gasteiger partial charge >= 0.3 is 5.97 Å². The number of amides is 5. The fourth-order valence-electron chi connectivity index (χ4n) is 8.27. The Labute approximate surface area is 401 Å². The molecule has 13 N–H and O–H groups in total. The minimum absolute atomic E-state index is 0.0301. The van der Waals surface area contributed by atoms with Crippen LogP contribution in [0, 0.1) is 23.0 Å². The summed E-state index contributed by atoms with van der Waals surface area (Å²) in [7, 11) is 0. The molecule has 4 rings (SSSR count). The fraction of sp³-hybridized carbons (Fsp3) is 0.574. The van der Waals surface area contributed by atoms with Gasteiger partial charge in [0.2, 0.25) is 29.5 Å². The second-order valence-corrected chi connectivity index (χ2v) is 17.7. The van der Waals surface area contributed by atoms with Gasteiger partial charge in [-0.15, -0.1) is 0 Å². The fourth-order valence-corrected chi connectivity index (χ4v) is 8.27. The molecule has 378 valence electrons. The van der Waals surface area contributed by atoms with Crippen molar-refractivity contribution >= 4 is 74.6 Å². The number of carboxylic acid groups (broad SMARTS) is 1. The molecule has 3 aromatic rings. The monoisotopic (exact) mass is 963 g/mol. The van der Waals surface area contributed by atoms with Crippen LogP contribution in [-0.4, -0.2) is 129 Å². The van der Waals surface area contributed by atoms with Crippen LogP contribution in [0.5, 0.6) is 0 Å². The number of carbonyl (C=O) groups is 6. The molecule has 0 spiro atoms. The molecule has 22 nitrogen and oxygen atoms in total. The van der Waals surface area contributed by atoms with Gasteiger partial charge in [-0.3, -0.25) is 39.1 Å². The Morgan fingerprint density at radius 2 is 1.64 bits per heavy atom. The highest BCUT2D eigenvalue weighted by Gasteiger charge is 2.39. The third kappa shape index (κ3) is 15.7. The molecular weight excluding hydrogens is 893 g/mol. The first-order valence-corrected chi connectivity index (χ1v) is 23.8. The predicted molar refractivity (Wildman–Crippen MR) is 262 cm³/mol. The number of benzene rings is 2. The molecule has 0 aliphatic carbocycles. The molecule has 0 unspecified atom stereocenters. The molecule has 1 aliphatic heterocycles. The molecule has 7 atom stereocenters. The third-order valence-electron chi connectivity index (χ3n) is 12.5. The van der Waals surface area contributed by atoms with Crippen LogP contribution in [0.25, 0.3) is 21.8 Å². The zero-order chi connectivity index (χ0) is 50.8. The standard InChI is InChI=1S/C47H70N12O10/c1-5-27(2)38(48)44(64)52-24-12-10-17-32(42(62)57-40(29(4)60)46(66)67)56-43(63)35-19-14-26-58(35)45(65)33(18-13-25-53-47(49)50)54-36(61)20-7-6-11-23-51-41-30-15-8-9-16-31(30)55-39-28(3)21-22-34(37(39)41)59(68)69/h8-9,15-16,21-22,27,29,32-33,35,38,40,60H,5-7,10-14,17-20,23-26,48H2,1-4H3,(H,51,55)(H,52,64)(H,54,61)(H,56,63)(H,57,62)(H,66,67)(H4,49,50,53)/t27-,29+,32-,33-,35-,38-,40-/m0/s1. The van der Waals surface area contributed by atoms with E-state index in [1.807, 2.05) is 45.0 Å². The molecule has 2 aromatic carbocycles. The molecule has 5 amide bonds. The number of unbranched alkanes of at least 4 members (excludes halogenated alkanes) is 3. The molecule has 1 aromatic heterocycles. The number of hydrogen-bond donors (Lipinski definition) is 10. The van der Waals surface area contributed by atoms with Gasteiger partial charge in [-0.1, -0.05) is 51.0 Å². The van der Waals surface area contributed by atoms with Crippen molar-refractivity contribution in [2.45, 2.75) is 141 Å². The van der Waals surface area contributed by atoms with E-state index in [4.69, 9.17) is 22.2 Å². The highest BCUT2D eigenvalue weighted by Crippen LogP contribution is 2.38. The van der Waals surface area contributed by atoms with Crippen LogP contribution in [0.4, 0.5) is 11.4 Å². The number of aromatic nitrogens is 1. The Kier molecular flexibility index (Phi) is 21.3. The van der Waals surface area contributed by atoms with E-state index in [0.29, 0.717) is 73.6 Å². The van der Waals surface area contributed by atoms with Crippen molar-refractivity contribution in [1.29, 1.82) is 0 Å². The van der Waals surface area contributed by atoms with Gasteiger partial charge in [0.25, 0.3) is 5.69 Å². The maximum Gasteiger partial charge on any atom is 0.328 e. The summed E-state index contributed by atoms with van der Waals surface area (Å²) in [5.41, 5.74) is 19.6. The molecule has 1 fully saturated rings. The van der Waals surface area contributed by atoms with Gasteiger partial charge in [0.1, 0.15) is 23.5 Å². The van der Waals surface area contributed by atoms with Crippen LogP contribution < -0.4 is 43.8 Å². The van der Waals surface area contributed by atoms with Gasteiger partial charge in [0.15, 0.2) is 12.0 Å². The number of nitro benzene ring substituents is 1. The van der Waals surface area contributed by atoms with Crippen LogP contribution in [-0.2, 0) is 28.8 Å². The van der Waals surface area contributed by atoms with Gasteiger partial charge in [-0.25, -0.2) is 9.78 Å². The van der Waals surface area contributed by atoms with Crippen molar-refractivity contribution in [3.8, 4) is 0 Å². The average molecular weight is 963 g/mol. The molecule has 69 heavy (non-hydrogen) atoms. The largest absolute Gasteiger partial charge is 0.480 e. The Morgan fingerprint density at radius 3 is 2.32 bits per heavy atom. The lowest BCUT2D eigenvalue weighted by molar-refractivity contribution is -0.383. The zero-order valence-electron chi connectivity index (χ0n) is 40.0. The predicted octanol–water partition coefficient (Wildman–Crippen LogP) is 2.20. The lowest BCUT2D eigenvalue weighted by Crippen LogP contribution is -2.58. The number of para-hydroxylation sites is 1. The van der Waals surface area contributed by atoms with E-state index < -0.39 is 64.9 Å². The molecule has 1 saturated heterocycles. The van der Waals surface area contributed by atoms with E-state index in [1.54, 1.807) is 6.07 Å². The van der Waals surface area contributed by atoms with Crippen LogP contribution in [0.3, 0.4) is 0 Å². The van der Waals surface area contributed by atoms with E-state index in [1.165, 1.54) is 17.9 Å². The number of anilines is 1. The van der Waals surface area contributed by atoms with Gasteiger partial charge in [0.05, 0.1) is 33.8 Å². The summed E-state index contributed by atoms with van der Waals surface area (Å²) in [4.78, 5) is 101. The van der Waals surface area contributed by atoms with E-state index in [2.05, 4.69) is 31.6 Å². The van der Waals surface area contributed by atoms with Gasteiger partial charge < -0.3 is 58.9 Å².